The van der Waals surface area contributed by atoms with Crippen molar-refractivity contribution in [1.82, 2.24) is 5.43 Å². The van der Waals surface area contributed by atoms with Crippen LogP contribution in [0.4, 0.5) is 11.4 Å². The zero-order chi connectivity index (χ0) is 22.0. The van der Waals surface area contributed by atoms with Crippen LogP contribution in [0.25, 0.3) is 9.69 Å². The van der Waals surface area contributed by atoms with Crippen molar-refractivity contribution in [3.63, 3.8) is 0 Å². The largest absolute Gasteiger partial charge is 0.481 e. The van der Waals surface area contributed by atoms with Crippen molar-refractivity contribution in [3.05, 3.63) is 80.9 Å². The summed E-state index contributed by atoms with van der Waals surface area (Å²) >= 11 is 5.98. The van der Waals surface area contributed by atoms with E-state index in [0.717, 1.165) is 5.56 Å². The van der Waals surface area contributed by atoms with Gasteiger partial charge in [0.1, 0.15) is 0 Å². The summed E-state index contributed by atoms with van der Waals surface area (Å²) in [6, 6.07) is 9.48. The van der Waals surface area contributed by atoms with Crippen LogP contribution < -0.4 is 11.3 Å². The van der Waals surface area contributed by atoms with Gasteiger partial charge < -0.3 is 10.2 Å². The van der Waals surface area contributed by atoms with Gasteiger partial charge in [0.25, 0.3) is 5.91 Å². The SMILES string of the molecule is [C-]#[N+]c1ccc(C(=O)NN)cc1.[C-]#[N+]c1ccc(C[C@H](CO)C(=O)O)c(C)c1Cl. The van der Waals surface area contributed by atoms with Crippen molar-refractivity contribution >= 4 is 34.9 Å². The number of nitrogens with zero attached hydrogens (tertiary/aromatic N) is 2. The number of hydrogen-bond acceptors (Lipinski definition) is 4. The van der Waals surface area contributed by atoms with Crippen molar-refractivity contribution in [2.45, 2.75) is 13.3 Å². The number of carboxylic acid groups (broad SMARTS) is 1. The number of aliphatic carboxylic acids is 1. The molecule has 0 fully saturated rings. The number of carbonyl (C=O) groups is 2. The molecule has 0 aliphatic rings. The topological polar surface area (TPSA) is 121 Å². The van der Waals surface area contributed by atoms with E-state index < -0.39 is 18.5 Å². The molecule has 2 aromatic carbocycles. The molecular formula is C20H19ClN4O4. The van der Waals surface area contributed by atoms with Crippen LogP contribution in [0.5, 0.6) is 0 Å². The number of nitrogens with one attached hydrogen (secondary N) is 1. The van der Waals surface area contributed by atoms with E-state index in [1.165, 1.54) is 0 Å². The second-order valence-electron chi connectivity index (χ2n) is 5.85. The number of halogens is 1. The standard InChI is InChI=1S/C12H12ClNO3.C8H7N3O/c1-7-8(5-9(6-15)12(16)17)3-4-10(14-2)11(7)13;1-10-7-4-2-6(3-5-7)8(12)11-9/h3-4,9,15H,5-6H2,1H3,(H,16,17);2-5H,9H2,(H,11,12)/t9-;/m1./s1. The maximum atomic E-state index is 10.9. The van der Waals surface area contributed by atoms with Crippen LogP contribution in [0, 0.1) is 26.0 Å². The van der Waals surface area contributed by atoms with Crippen LogP contribution in [0.3, 0.4) is 0 Å². The van der Waals surface area contributed by atoms with Gasteiger partial charge >= 0.3 is 5.97 Å². The minimum Gasteiger partial charge on any atom is -0.481 e. The van der Waals surface area contributed by atoms with E-state index in [9.17, 15) is 9.59 Å². The minimum atomic E-state index is -1.04. The molecule has 29 heavy (non-hydrogen) atoms. The van der Waals surface area contributed by atoms with Gasteiger partial charge in [-0.2, -0.15) is 0 Å². The molecule has 0 aliphatic heterocycles. The molecule has 0 spiro atoms. The highest BCUT2D eigenvalue weighted by atomic mass is 35.5. The number of aliphatic hydroxyl groups is 1. The van der Waals surface area contributed by atoms with Crippen molar-refractivity contribution in [2.75, 3.05) is 6.61 Å². The molecule has 150 valence electrons. The van der Waals surface area contributed by atoms with Gasteiger partial charge in [-0.05, 0) is 24.5 Å². The Hall–Kier alpha value is -3.43. The zero-order valence-electron chi connectivity index (χ0n) is 15.5. The third kappa shape index (κ3) is 6.59. The Balaban J connectivity index is 0.000000308. The lowest BCUT2D eigenvalue weighted by Crippen LogP contribution is -2.29. The van der Waals surface area contributed by atoms with Crippen LogP contribution in [0.15, 0.2) is 36.4 Å². The Kier molecular flexibility index (Phi) is 9.30. The lowest BCUT2D eigenvalue weighted by atomic mass is 9.96. The quantitative estimate of drug-likeness (QED) is 0.259. The van der Waals surface area contributed by atoms with Gasteiger partial charge in [0.15, 0.2) is 5.69 Å². The summed E-state index contributed by atoms with van der Waals surface area (Å²) in [6.45, 7) is 14.9. The van der Waals surface area contributed by atoms with E-state index in [4.69, 9.17) is 40.8 Å². The van der Waals surface area contributed by atoms with Gasteiger partial charge in [-0.3, -0.25) is 15.0 Å². The first-order valence-corrected chi connectivity index (χ1v) is 8.64. The zero-order valence-corrected chi connectivity index (χ0v) is 16.3. The Morgan fingerprint density at radius 2 is 1.79 bits per heavy atom. The number of hydrazine groups is 1. The van der Waals surface area contributed by atoms with Crippen LogP contribution in [0.2, 0.25) is 5.02 Å². The van der Waals surface area contributed by atoms with E-state index in [0.29, 0.717) is 27.5 Å². The lowest BCUT2D eigenvalue weighted by molar-refractivity contribution is -0.143. The fraction of sp³-hybridized carbons (Fsp3) is 0.200. The van der Waals surface area contributed by atoms with Crippen molar-refractivity contribution < 1.29 is 19.8 Å². The number of rotatable bonds is 5. The van der Waals surface area contributed by atoms with Crippen molar-refractivity contribution in [3.8, 4) is 0 Å². The second kappa shape index (κ2) is 11.4. The molecule has 1 amide bonds. The molecule has 0 saturated heterocycles. The third-order valence-electron chi connectivity index (χ3n) is 4.02. The van der Waals surface area contributed by atoms with E-state index >= 15 is 0 Å². The first-order chi connectivity index (χ1) is 13.8. The van der Waals surface area contributed by atoms with Gasteiger partial charge in [0, 0.05) is 5.56 Å². The molecule has 0 radical (unpaired) electrons. The average Bonchev–Trinajstić information content (AvgIpc) is 2.74. The maximum absolute atomic E-state index is 10.9. The molecule has 1 atom stereocenters. The van der Waals surface area contributed by atoms with Gasteiger partial charge in [0.05, 0.1) is 30.7 Å². The molecule has 8 nitrogen and oxygen atoms in total. The van der Waals surface area contributed by atoms with Crippen molar-refractivity contribution in [1.29, 1.82) is 0 Å². The van der Waals surface area contributed by atoms with Crippen LogP contribution in [-0.2, 0) is 11.2 Å². The molecule has 5 N–H and O–H groups in total. The second-order valence-corrected chi connectivity index (χ2v) is 6.23. The molecule has 0 saturated carbocycles. The summed E-state index contributed by atoms with van der Waals surface area (Å²) in [5, 5.41) is 18.2. The Morgan fingerprint density at radius 3 is 2.24 bits per heavy atom. The highest BCUT2D eigenvalue weighted by molar-refractivity contribution is 6.34. The van der Waals surface area contributed by atoms with E-state index in [1.807, 2.05) is 5.43 Å². The summed E-state index contributed by atoms with van der Waals surface area (Å²) in [4.78, 5) is 28.2. The average molecular weight is 415 g/mol. The Morgan fingerprint density at radius 1 is 1.17 bits per heavy atom. The van der Waals surface area contributed by atoms with Crippen molar-refractivity contribution in [2.24, 2.45) is 11.8 Å². The number of carboxylic acids is 1. The van der Waals surface area contributed by atoms with Crippen LogP contribution in [-0.4, -0.2) is 28.7 Å². The minimum absolute atomic E-state index is 0.204. The number of amides is 1. The smallest absolute Gasteiger partial charge is 0.309 e. The molecule has 2 rings (SSSR count). The number of nitrogen functional groups attached to an aromatic ring is 1. The normalized spacial score (nSPS) is 10.6. The summed E-state index contributed by atoms with van der Waals surface area (Å²) in [5.41, 5.74) is 4.74. The third-order valence-corrected chi connectivity index (χ3v) is 4.50. The summed E-state index contributed by atoms with van der Waals surface area (Å²) in [5.74, 6) is 2.67. The molecule has 2 aromatic rings. The monoisotopic (exact) mass is 414 g/mol. The Labute approximate surface area is 173 Å². The first kappa shape index (κ1) is 23.6. The molecule has 0 unspecified atom stereocenters. The number of nitrogens with two attached hydrogens (primary N) is 1. The van der Waals surface area contributed by atoms with Gasteiger partial charge in [-0.1, -0.05) is 48.0 Å². The van der Waals surface area contributed by atoms with Gasteiger partial charge in [0.2, 0.25) is 5.69 Å². The molecular weight excluding hydrogens is 396 g/mol. The number of hydrogen-bond donors (Lipinski definition) is 4. The molecule has 0 aromatic heterocycles. The summed E-state index contributed by atoms with van der Waals surface area (Å²) < 4.78 is 0. The molecule has 0 heterocycles. The lowest BCUT2D eigenvalue weighted by Gasteiger charge is -2.13. The highest BCUT2D eigenvalue weighted by Crippen LogP contribution is 2.31. The number of benzene rings is 2. The Bertz CT molecular complexity index is 962. The van der Waals surface area contributed by atoms with Crippen LogP contribution in [0.1, 0.15) is 21.5 Å². The first-order valence-electron chi connectivity index (χ1n) is 8.26. The molecule has 0 aliphatic carbocycles. The van der Waals surface area contributed by atoms with Gasteiger partial charge in [-0.25, -0.2) is 15.5 Å². The maximum Gasteiger partial charge on any atom is 0.309 e. The highest BCUT2D eigenvalue weighted by Gasteiger charge is 2.19. The molecule has 9 heteroatoms. The van der Waals surface area contributed by atoms with Gasteiger partial charge in [-0.15, -0.1) is 0 Å². The van der Waals surface area contributed by atoms with E-state index in [2.05, 4.69) is 9.69 Å². The van der Waals surface area contributed by atoms with Crippen LogP contribution >= 0.6 is 11.6 Å². The summed E-state index contributed by atoms with van der Waals surface area (Å²) in [7, 11) is 0. The fourth-order valence-electron chi connectivity index (χ4n) is 2.28. The molecule has 0 bridgehead atoms. The number of aliphatic hydroxyl groups excluding tert-OH is 1. The van der Waals surface area contributed by atoms with E-state index in [-0.39, 0.29) is 12.3 Å². The number of carbonyl (C=O) groups excluding carboxylic acids is 1. The predicted octanol–water partition coefficient (Wildman–Crippen LogP) is 3.28. The van der Waals surface area contributed by atoms with E-state index in [1.54, 1.807) is 43.3 Å². The fourth-order valence-corrected chi connectivity index (χ4v) is 2.51. The predicted molar refractivity (Wildman–Crippen MR) is 109 cm³/mol. The summed E-state index contributed by atoms with van der Waals surface area (Å²) in [6.07, 6.45) is 0.204.